The fourth-order valence-corrected chi connectivity index (χ4v) is 6.23. The Hall–Kier alpha value is -2.72. The molecule has 3 aromatic carbocycles. The molecule has 0 radical (unpaired) electrons. The lowest BCUT2D eigenvalue weighted by atomic mass is 10.1. The third kappa shape index (κ3) is 7.94. The summed E-state index contributed by atoms with van der Waals surface area (Å²) in [7, 11) is -4.14. The van der Waals surface area contributed by atoms with Gasteiger partial charge in [-0.1, -0.05) is 47.0 Å². The largest absolute Gasteiger partial charge is 0.352 e. The first-order valence-corrected chi connectivity index (χ1v) is 16.0. The fraction of sp³-hybridized carbons (Fsp3) is 0.310. The first-order valence-electron chi connectivity index (χ1n) is 12.6. The Morgan fingerprint density at radius 1 is 0.950 bits per heavy atom. The lowest BCUT2D eigenvalue weighted by molar-refractivity contribution is -0.139. The molecule has 0 heterocycles. The minimum atomic E-state index is -4.14. The standard InChI is InChI=1S/C29H33Cl2N3O4S2/c1-19(2)32-29(36)21(4)33(17-22-8-9-23(30)16-27(22)31)28(35)18-34(24-10-6-20(3)7-11-24)40(37,38)26-14-12-25(39-5)13-15-26/h6-16,19,21H,17-18H2,1-5H3,(H,32,36)/t21-/m1/s1. The molecule has 0 saturated carbocycles. The molecule has 0 bridgehead atoms. The molecule has 2 amide bonds. The maximum atomic E-state index is 14.0. The number of hydrogen-bond donors (Lipinski definition) is 1. The molecule has 0 spiro atoms. The van der Waals surface area contributed by atoms with Crippen LogP contribution in [0.3, 0.4) is 0 Å². The highest BCUT2D eigenvalue weighted by molar-refractivity contribution is 7.98. The second-order valence-electron chi connectivity index (χ2n) is 9.62. The smallest absolute Gasteiger partial charge is 0.264 e. The molecule has 0 aromatic heterocycles. The predicted molar refractivity (Wildman–Crippen MR) is 164 cm³/mol. The number of rotatable bonds is 11. The number of aryl methyl sites for hydroxylation is 1. The Morgan fingerprint density at radius 3 is 2.12 bits per heavy atom. The molecule has 0 saturated heterocycles. The van der Waals surface area contributed by atoms with Crippen LogP contribution < -0.4 is 9.62 Å². The molecule has 40 heavy (non-hydrogen) atoms. The van der Waals surface area contributed by atoms with E-state index in [1.54, 1.807) is 61.5 Å². The van der Waals surface area contributed by atoms with Crippen molar-refractivity contribution in [3.63, 3.8) is 0 Å². The van der Waals surface area contributed by atoms with E-state index < -0.39 is 28.5 Å². The van der Waals surface area contributed by atoms with E-state index in [9.17, 15) is 18.0 Å². The zero-order chi connectivity index (χ0) is 29.6. The maximum Gasteiger partial charge on any atom is 0.264 e. The summed E-state index contributed by atoms with van der Waals surface area (Å²) in [5, 5.41) is 3.59. The summed E-state index contributed by atoms with van der Waals surface area (Å²) in [4.78, 5) is 29.3. The van der Waals surface area contributed by atoms with E-state index in [4.69, 9.17) is 23.2 Å². The number of benzene rings is 3. The van der Waals surface area contributed by atoms with Gasteiger partial charge in [0.15, 0.2) is 0 Å². The molecule has 0 unspecified atom stereocenters. The van der Waals surface area contributed by atoms with Crippen molar-refractivity contribution < 1.29 is 18.0 Å². The molecule has 11 heteroatoms. The Morgan fingerprint density at radius 2 is 1.57 bits per heavy atom. The molecular weight excluding hydrogens is 589 g/mol. The number of carbonyl (C=O) groups is 2. The van der Waals surface area contributed by atoms with E-state index in [2.05, 4.69) is 5.32 Å². The van der Waals surface area contributed by atoms with Crippen molar-refractivity contribution >= 4 is 62.5 Å². The van der Waals surface area contributed by atoms with Gasteiger partial charge in [-0.05, 0) is 88.0 Å². The van der Waals surface area contributed by atoms with Gasteiger partial charge in [-0.25, -0.2) is 8.42 Å². The van der Waals surface area contributed by atoms with Crippen molar-refractivity contribution in [2.24, 2.45) is 0 Å². The molecule has 1 atom stereocenters. The number of nitrogens with zero attached hydrogens (tertiary/aromatic N) is 2. The van der Waals surface area contributed by atoms with Crippen LogP contribution in [-0.4, -0.2) is 50.0 Å². The van der Waals surface area contributed by atoms with Crippen LogP contribution in [0.1, 0.15) is 31.9 Å². The SMILES string of the molecule is CSc1ccc(S(=O)(=O)N(CC(=O)N(Cc2ccc(Cl)cc2Cl)[C@H](C)C(=O)NC(C)C)c2ccc(C)cc2)cc1. The monoisotopic (exact) mass is 621 g/mol. The molecule has 7 nitrogen and oxygen atoms in total. The molecule has 0 fully saturated rings. The van der Waals surface area contributed by atoms with Crippen LogP contribution in [0.15, 0.2) is 76.5 Å². The van der Waals surface area contributed by atoms with Gasteiger partial charge in [-0.15, -0.1) is 11.8 Å². The quantitative estimate of drug-likeness (QED) is 0.259. The summed E-state index contributed by atoms with van der Waals surface area (Å²) in [6, 6.07) is 17.2. The minimum Gasteiger partial charge on any atom is -0.352 e. The third-order valence-corrected chi connectivity index (χ3v) is 9.32. The number of anilines is 1. The van der Waals surface area contributed by atoms with Gasteiger partial charge in [0, 0.05) is 27.5 Å². The maximum absolute atomic E-state index is 14.0. The first kappa shape index (κ1) is 31.8. The highest BCUT2D eigenvalue weighted by atomic mass is 35.5. The Labute approximate surface area is 250 Å². The lowest BCUT2D eigenvalue weighted by Crippen LogP contribution is -2.52. The summed E-state index contributed by atoms with van der Waals surface area (Å²) < 4.78 is 28.9. The Bertz CT molecular complexity index is 1450. The van der Waals surface area contributed by atoms with E-state index in [0.717, 1.165) is 14.8 Å². The van der Waals surface area contributed by atoms with Crippen molar-refractivity contribution in [2.45, 2.75) is 56.1 Å². The van der Waals surface area contributed by atoms with Gasteiger partial charge >= 0.3 is 0 Å². The van der Waals surface area contributed by atoms with E-state index in [0.29, 0.717) is 21.3 Å². The van der Waals surface area contributed by atoms with E-state index >= 15 is 0 Å². The molecule has 214 valence electrons. The van der Waals surface area contributed by atoms with Crippen molar-refractivity contribution in [1.29, 1.82) is 0 Å². The number of nitrogens with one attached hydrogen (secondary N) is 1. The highest BCUT2D eigenvalue weighted by Crippen LogP contribution is 2.27. The predicted octanol–water partition coefficient (Wildman–Crippen LogP) is 6.16. The van der Waals surface area contributed by atoms with Crippen LogP contribution in [0.5, 0.6) is 0 Å². The van der Waals surface area contributed by atoms with Gasteiger partial charge < -0.3 is 10.2 Å². The van der Waals surface area contributed by atoms with Crippen molar-refractivity contribution in [1.82, 2.24) is 10.2 Å². The second kappa shape index (κ2) is 13.8. The molecule has 3 rings (SSSR count). The molecule has 0 aliphatic rings. The van der Waals surface area contributed by atoms with Crippen molar-refractivity contribution in [2.75, 3.05) is 17.1 Å². The lowest BCUT2D eigenvalue weighted by Gasteiger charge is -2.32. The highest BCUT2D eigenvalue weighted by Gasteiger charge is 2.33. The zero-order valence-corrected chi connectivity index (χ0v) is 26.2. The third-order valence-electron chi connectivity index (χ3n) is 6.20. The average molecular weight is 623 g/mol. The van der Waals surface area contributed by atoms with E-state index in [-0.39, 0.29) is 23.4 Å². The van der Waals surface area contributed by atoms with Crippen LogP contribution in [0.4, 0.5) is 5.69 Å². The van der Waals surface area contributed by atoms with Crippen LogP contribution in [-0.2, 0) is 26.2 Å². The van der Waals surface area contributed by atoms with E-state index in [1.807, 2.05) is 27.0 Å². The number of carbonyl (C=O) groups excluding carboxylic acids is 2. The van der Waals surface area contributed by atoms with Gasteiger partial charge in [-0.2, -0.15) is 0 Å². The topological polar surface area (TPSA) is 86.8 Å². The van der Waals surface area contributed by atoms with Crippen LogP contribution >= 0.6 is 35.0 Å². The van der Waals surface area contributed by atoms with Crippen LogP contribution in [0, 0.1) is 6.92 Å². The molecule has 0 aliphatic carbocycles. The second-order valence-corrected chi connectivity index (χ2v) is 13.2. The van der Waals surface area contributed by atoms with Gasteiger partial charge in [0.1, 0.15) is 12.6 Å². The molecule has 0 aliphatic heterocycles. The number of sulfonamides is 1. The average Bonchev–Trinajstić information content (AvgIpc) is 2.91. The molecular formula is C29H33Cl2N3O4S2. The minimum absolute atomic E-state index is 0.0221. The Kier molecular flexibility index (Phi) is 10.9. The van der Waals surface area contributed by atoms with Gasteiger partial charge in [-0.3, -0.25) is 13.9 Å². The normalized spacial score (nSPS) is 12.2. The number of halogens is 2. The van der Waals surface area contributed by atoms with Gasteiger partial charge in [0.2, 0.25) is 11.8 Å². The van der Waals surface area contributed by atoms with E-state index in [1.165, 1.54) is 28.8 Å². The summed E-state index contributed by atoms with van der Waals surface area (Å²) >= 11 is 14.0. The molecule has 3 aromatic rings. The summed E-state index contributed by atoms with van der Waals surface area (Å²) in [5.41, 5.74) is 1.84. The summed E-state index contributed by atoms with van der Waals surface area (Å²) in [6.45, 7) is 6.58. The first-order chi connectivity index (χ1) is 18.8. The number of amides is 2. The summed E-state index contributed by atoms with van der Waals surface area (Å²) in [5.74, 6) is -0.937. The summed E-state index contributed by atoms with van der Waals surface area (Å²) in [6.07, 6.45) is 1.90. The van der Waals surface area contributed by atoms with Crippen LogP contribution in [0.2, 0.25) is 10.0 Å². The van der Waals surface area contributed by atoms with Crippen LogP contribution in [0.25, 0.3) is 0 Å². The van der Waals surface area contributed by atoms with Crippen molar-refractivity contribution in [3.8, 4) is 0 Å². The van der Waals surface area contributed by atoms with Gasteiger partial charge in [0.25, 0.3) is 10.0 Å². The number of thioether (sulfide) groups is 1. The van der Waals surface area contributed by atoms with Gasteiger partial charge in [0.05, 0.1) is 10.6 Å². The number of hydrogen-bond acceptors (Lipinski definition) is 5. The fourth-order valence-electron chi connectivity index (χ4n) is 3.94. The Balaban J connectivity index is 2.05. The van der Waals surface area contributed by atoms with Crippen molar-refractivity contribution in [3.05, 3.63) is 87.9 Å². The molecule has 1 N–H and O–H groups in total. The zero-order valence-electron chi connectivity index (χ0n) is 23.0.